The van der Waals surface area contributed by atoms with E-state index in [1.165, 1.54) is 0 Å². The van der Waals surface area contributed by atoms with Gasteiger partial charge in [0.25, 0.3) is 0 Å². The molecule has 0 fully saturated rings. The summed E-state index contributed by atoms with van der Waals surface area (Å²) in [7, 11) is 1.94. The summed E-state index contributed by atoms with van der Waals surface area (Å²) in [6.45, 7) is 9.25. The Morgan fingerprint density at radius 3 is 2.37 bits per heavy atom. The average molecular weight is 613 g/mol. The first kappa shape index (κ1) is 30.4. The lowest BCUT2D eigenvalue weighted by atomic mass is 9.93. The fraction of sp³-hybridized carbons (Fsp3) is 0.235. The molecule has 220 valence electrons. The van der Waals surface area contributed by atoms with Crippen molar-refractivity contribution in [1.82, 2.24) is 19.7 Å². The normalized spacial score (nSPS) is 11.5. The molecule has 0 aliphatic rings. The number of aliphatic carboxylic acids is 1. The lowest BCUT2D eigenvalue weighted by Gasteiger charge is -2.13. The third-order valence-corrected chi connectivity index (χ3v) is 8.24. The van der Waals surface area contributed by atoms with Gasteiger partial charge < -0.3 is 10.2 Å². The van der Waals surface area contributed by atoms with Gasteiger partial charge in [-0.15, -0.1) is 11.3 Å². The molecule has 3 aromatic heterocycles. The quantitative estimate of drug-likeness (QED) is 0.203. The maximum Gasteiger partial charge on any atom is 0.307 e. The highest BCUT2D eigenvalue weighted by molar-refractivity contribution is 7.22. The number of aryl methyl sites for hydroxylation is 3. The lowest BCUT2D eigenvalue weighted by Crippen LogP contribution is -2.10. The largest absolute Gasteiger partial charge is 0.481 e. The van der Waals surface area contributed by atoms with Crippen molar-refractivity contribution < 1.29 is 15.0 Å². The molecule has 9 heteroatoms. The van der Waals surface area contributed by atoms with Crippen LogP contribution in [0, 0.1) is 13.8 Å². The molecule has 0 unspecified atom stereocenters. The number of hydrogen-bond acceptors (Lipinski definition) is 6. The molecular formula is C34H33ClN4O3S. The van der Waals surface area contributed by atoms with Crippen molar-refractivity contribution in [3.63, 3.8) is 0 Å². The van der Waals surface area contributed by atoms with Gasteiger partial charge in [0.15, 0.2) is 0 Å². The van der Waals surface area contributed by atoms with Crippen molar-refractivity contribution >= 4 is 50.0 Å². The number of aliphatic hydroxyl groups is 1. The van der Waals surface area contributed by atoms with Gasteiger partial charge in [0.1, 0.15) is 5.01 Å². The second kappa shape index (κ2) is 11.9. The molecule has 43 heavy (non-hydrogen) atoms. The highest BCUT2D eigenvalue weighted by Crippen LogP contribution is 2.41. The van der Waals surface area contributed by atoms with Crippen molar-refractivity contribution in [1.29, 1.82) is 0 Å². The minimum Gasteiger partial charge on any atom is -0.481 e. The van der Waals surface area contributed by atoms with Crippen LogP contribution in [0.25, 0.3) is 54.1 Å². The number of thiazole rings is 1. The van der Waals surface area contributed by atoms with Gasteiger partial charge in [-0.05, 0) is 99.3 Å². The molecule has 2 N–H and O–H groups in total. The van der Waals surface area contributed by atoms with E-state index < -0.39 is 11.6 Å². The van der Waals surface area contributed by atoms with E-state index in [4.69, 9.17) is 21.7 Å². The molecule has 0 bridgehead atoms. The maximum atomic E-state index is 11.8. The van der Waals surface area contributed by atoms with Crippen molar-refractivity contribution in [3.8, 4) is 33.0 Å². The second-order valence-corrected chi connectivity index (χ2v) is 13.0. The number of pyridine rings is 1. The summed E-state index contributed by atoms with van der Waals surface area (Å²) in [6, 6.07) is 17.8. The van der Waals surface area contributed by atoms with Gasteiger partial charge in [0, 0.05) is 40.3 Å². The highest BCUT2D eigenvalue weighted by Gasteiger charge is 2.20. The number of carboxylic acids is 1. The van der Waals surface area contributed by atoms with Crippen molar-refractivity contribution in [2.45, 2.75) is 46.6 Å². The Morgan fingerprint density at radius 1 is 1.00 bits per heavy atom. The van der Waals surface area contributed by atoms with E-state index in [1.807, 2.05) is 67.4 Å². The predicted octanol–water partition coefficient (Wildman–Crippen LogP) is 8.25. The summed E-state index contributed by atoms with van der Waals surface area (Å²) < 4.78 is 2.83. The maximum absolute atomic E-state index is 11.8. The number of fused-ring (bicyclic) bond motifs is 2. The Balaban J connectivity index is 0.000000682. The summed E-state index contributed by atoms with van der Waals surface area (Å²) in [5.74, 6) is -0.868. The predicted molar refractivity (Wildman–Crippen MR) is 176 cm³/mol. The van der Waals surface area contributed by atoms with Crippen LogP contribution < -0.4 is 0 Å². The van der Waals surface area contributed by atoms with Gasteiger partial charge >= 0.3 is 5.97 Å². The molecule has 0 spiro atoms. The highest BCUT2D eigenvalue weighted by atomic mass is 35.5. The van der Waals surface area contributed by atoms with Gasteiger partial charge in [0.2, 0.25) is 0 Å². The lowest BCUT2D eigenvalue weighted by molar-refractivity contribution is -0.136. The van der Waals surface area contributed by atoms with Crippen LogP contribution in [0.15, 0.2) is 67.0 Å². The van der Waals surface area contributed by atoms with Crippen LogP contribution in [0.3, 0.4) is 0 Å². The fourth-order valence-corrected chi connectivity index (χ4v) is 6.21. The number of nitrogens with zero attached hydrogens (tertiary/aromatic N) is 4. The van der Waals surface area contributed by atoms with Crippen molar-refractivity contribution in [2.75, 3.05) is 0 Å². The molecule has 0 atom stereocenters. The first-order chi connectivity index (χ1) is 20.3. The Labute approximate surface area is 259 Å². The third kappa shape index (κ3) is 6.77. The van der Waals surface area contributed by atoms with Crippen LogP contribution in [0.1, 0.15) is 37.5 Å². The van der Waals surface area contributed by atoms with Gasteiger partial charge in [-0.25, -0.2) is 4.98 Å². The van der Waals surface area contributed by atoms with E-state index in [9.17, 15) is 9.90 Å². The Morgan fingerprint density at radius 2 is 1.70 bits per heavy atom. The standard InChI is InChI=1S/C30H23ClN4O2S.C4H10O/c1-16-10-25-29(28(23(16)14-27(36)37)18-4-6-21(31)7-5-18)38-30(34-25)19-8-9-32-24(13-19)22-12-20-15-33-35(3)26(20)11-17(22)2;1-4(2,3)5/h4-13,15H,14H2,1-3H3,(H,36,37);5H,1-3H3. The zero-order valence-corrected chi connectivity index (χ0v) is 26.5. The van der Waals surface area contributed by atoms with Crippen LogP contribution >= 0.6 is 22.9 Å². The molecule has 3 heterocycles. The number of carbonyl (C=O) groups is 1. The van der Waals surface area contributed by atoms with Crippen LogP contribution in [0.5, 0.6) is 0 Å². The smallest absolute Gasteiger partial charge is 0.307 e. The number of halogens is 1. The summed E-state index contributed by atoms with van der Waals surface area (Å²) in [4.78, 5) is 21.4. The topological polar surface area (TPSA) is 101 Å². The molecule has 0 saturated heterocycles. The Hall–Kier alpha value is -4.11. The Kier molecular flexibility index (Phi) is 8.38. The molecule has 6 rings (SSSR count). The van der Waals surface area contributed by atoms with E-state index >= 15 is 0 Å². The summed E-state index contributed by atoms with van der Waals surface area (Å²) >= 11 is 7.71. The van der Waals surface area contributed by atoms with Crippen molar-refractivity contribution in [3.05, 3.63) is 88.7 Å². The Bertz CT molecular complexity index is 1960. The van der Waals surface area contributed by atoms with Gasteiger partial charge in [-0.3, -0.25) is 14.5 Å². The average Bonchev–Trinajstić information content (AvgIpc) is 3.51. The molecule has 0 aliphatic carbocycles. The fourth-order valence-electron chi connectivity index (χ4n) is 4.95. The monoisotopic (exact) mass is 612 g/mol. The minimum atomic E-state index is -0.868. The zero-order valence-electron chi connectivity index (χ0n) is 24.9. The molecule has 0 radical (unpaired) electrons. The molecule has 0 aliphatic heterocycles. The van der Waals surface area contributed by atoms with Crippen LogP contribution in [-0.2, 0) is 18.3 Å². The van der Waals surface area contributed by atoms with E-state index in [0.29, 0.717) is 5.02 Å². The molecule has 6 aromatic rings. The van der Waals surface area contributed by atoms with E-state index in [-0.39, 0.29) is 6.42 Å². The van der Waals surface area contributed by atoms with Gasteiger partial charge in [-0.1, -0.05) is 23.7 Å². The minimum absolute atomic E-state index is 0.0670. The van der Waals surface area contributed by atoms with E-state index in [0.717, 1.165) is 70.8 Å². The SMILES string of the molecule is CC(C)(C)O.Cc1cc2c(cnn2C)cc1-c1cc(-c2nc3cc(C)c(CC(=O)O)c(-c4ccc(Cl)cc4)c3s2)ccn1. The van der Waals surface area contributed by atoms with Crippen LogP contribution in [0.2, 0.25) is 5.02 Å². The first-order valence-electron chi connectivity index (χ1n) is 13.8. The number of carboxylic acid groups (broad SMARTS) is 1. The molecular weight excluding hydrogens is 580 g/mol. The molecule has 0 saturated carbocycles. The summed E-state index contributed by atoms with van der Waals surface area (Å²) in [5.41, 5.74) is 8.93. The van der Waals surface area contributed by atoms with E-state index in [2.05, 4.69) is 35.2 Å². The number of aromatic nitrogens is 4. The summed E-state index contributed by atoms with van der Waals surface area (Å²) in [5, 5.41) is 25.1. The van der Waals surface area contributed by atoms with Gasteiger partial charge in [-0.2, -0.15) is 5.10 Å². The van der Waals surface area contributed by atoms with Gasteiger partial charge in [0.05, 0.1) is 39.6 Å². The number of hydrogen-bond donors (Lipinski definition) is 2. The zero-order chi connectivity index (χ0) is 31.1. The molecule has 0 amide bonds. The second-order valence-electron chi connectivity index (χ2n) is 11.6. The molecule has 3 aromatic carbocycles. The third-order valence-electron chi connectivity index (χ3n) is 6.85. The van der Waals surface area contributed by atoms with Crippen LogP contribution in [0.4, 0.5) is 0 Å². The number of benzene rings is 3. The first-order valence-corrected chi connectivity index (χ1v) is 15.0. The number of rotatable bonds is 5. The van der Waals surface area contributed by atoms with E-state index in [1.54, 1.807) is 32.1 Å². The summed E-state index contributed by atoms with van der Waals surface area (Å²) in [6.07, 6.45) is 3.61. The van der Waals surface area contributed by atoms with Crippen molar-refractivity contribution in [2.24, 2.45) is 7.05 Å². The molecule has 7 nitrogen and oxygen atoms in total. The van der Waals surface area contributed by atoms with Crippen LogP contribution in [-0.4, -0.2) is 41.5 Å².